The zero-order valence-corrected chi connectivity index (χ0v) is 12.7. The van der Waals surface area contributed by atoms with Gasteiger partial charge in [0.25, 0.3) is 0 Å². The summed E-state index contributed by atoms with van der Waals surface area (Å²) in [6.07, 6.45) is 6.47. The molecular weight excluding hydrogens is 258 g/mol. The molecule has 2 nitrogen and oxygen atoms in total. The first-order chi connectivity index (χ1) is 9.24. The van der Waals surface area contributed by atoms with Gasteiger partial charge in [0, 0.05) is 16.6 Å². The van der Waals surface area contributed by atoms with E-state index in [0.29, 0.717) is 6.04 Å². The molecule has 1 aromatic carbocycles. The molecule has 0 aromatic heterocycles. The van der Waals surface area contributed by atoms with Gasteiger partial charge < -0.3 is 10.1 Å². The van der Waals surface area contributed by atoms with Crippen molar-refractivity contribution in [1.82, 2.24) is 5.32 Å². The first-order valence-corrected chi connectivity index (χ1v) is 7.69. The number of methoxy groups -OCH3 is 1. The molecule has 0 heterocycles. The van der Waals surface area contributed by atoms with E-state index in [4.69, 9.17) is 16.3 Å². The third-order valence-corrected chi connectivity index (χ3v) is 4.01. The van der Waals surface area contributed by atoms with Gasteiger partial charge in [-0.2, -0.15) is 0 Å². The standard InChI is InChI=1S/C16H24ClNO/c1-3-10-18-15(9-6-12-4-5-12)14-8-7-13(17)11-16(14)19-2/h7-8,11-12,15,18H,3-6,9-10H2,1-2H3. The van der Waals surface area contributed by atoms with Gasteiger partial charge >= 0.3 is 0 Å². The summed E-state index contributed by atoms with van der Waals surface area (Å²) >= 11 is 6.04. The smallest absolute Gasteiger partial charge is 0.125 e. The lowest BCUT2D eigenvalue weighted by Crippen LogP contribution is -2.22. The molecule has 106 valence electrons. The van der Waals surface area contributed by atoms with Crippen LogP contribution in [0.1, 0.15) is 50.6 Å². The number of hydrogen-bond acceptors (Lipinski definition) is 2. The Hall–Kier alpha value is -0.730. The monoisotopic (exact) mass is 281 g/mol. The molecule has 1 N–H and O–H groups in total. The van der Waals surface area contributed by atoms with Crippen LogP contribution in [-0.4, -0.2) is 13.7 Å². The molecular formula is C16H24ClNO. The molecule has 1 aromatic rings. The van der Waals surface area contributed by atoms with E-state index < -0.39 is 0 Å². The average molecular weight is 282 g/mol. The highest BCUT2D eigenvalue weighted by Gasteiger charge is 2.24. The summed E-state index contributed by atoms with van der Waals surface area (Å²) in [6, 6.07) is 6.35. The minimum atomic E-state index is 0.382. The second-order valence-electron chi connectivity index (χ2n) is 5.41. The van der Waals surface area contributed by atoms with Crippen LogP contribution in [0.4, 0.5) is 0 Å². The van der Waals surface area contributed by atoms with Gasteiger partial charge in [0.2, 0.25) is 0 Å². The zero-order valence-electron chi connectivity index (χ0n) is 11.9. The molecule has 1 aliphatic carbocycles. The van der Waals surface area contributed by atoms with E-state index in [-0.39, 0.29) is 0 Å². The molecule has 0 saturated heterocycles. The van der Waals surface area contributed by atoms with Crippen molar-refractivity contribution in [3.05, 3.63) is 28.8 Å². The van der Waals surface area contributed by atoms with Crippen LogP contribution in [0.3, 0.4) is 0 Å². The molecule has 1 unspecified atom stereocenters. The maximum Gasteiger partial charge on any atom is 0.125 e. The van der Waals surface area contributed by atoms with E-state index >= 15 is 0 Å². The van der Waals surface area contributed by atoms with Crippen molar-refractivity contribution in [2.24, 2.45) is 5.92 Å². The SMILES string of the molecule is CCCNC(CCC1CC1)c1ccc(Cl)cc1OC. The molecule has 1 atom stereocenters. The summed E-state index contributed by atoms with van der Waals surface area (Å²) in [4.78, 5) is 0. The van der Waals surface area contributed by atoms with E-state index in [9.17, 15) is 0 Å². The van der Waals surface area contributed by atoms with E-state index in [1.807, 2.05) is 12.1 Å². The normalized spacial score (nSPS) is 16.4. The molecule has 0 spiro atoms. The first kappa shape index (κ1) is 14.7. The third-order valence-electron chi connectivity index (χ3n) is 3.77. The molecule has 3 heteroatoms. The summed E-state index contributed by atoms with van der Waals surface area (Å²) in [5.41, 5.74) is 1.24. The van der Waals surface area contributed by atoms with Crippen molar-refractivity contribution in [2.75, 3.05) is 13.7 Å². The van der Waals surface area contributed by atoms with Gasteiger partial charge in [0.05, 0.1) is 7.11 Å². The highest BCUT2D eigenvalue weighted by Crippen LogP contribution is 2.37. The molecule has 1 fully saturated rings. The minimum Gasteiger partial charge on any atom is -0.496 e. The van der Waals surface area contributed by atoms with E-state index in [1.54, 1.807) is 7.11 Å². The van der Waals surface area contributed by atoms with Crippen LogP contribution in [-0.2, 0) is 0 Å². The lowest BCUT2D eigenvalue weighted by atomic mass is 9.99. The molecule has 2 rings (SSSR count). The van der Waals surface area contributed by atoms with Gasteiger partial charge in [-0.3, -0.25) is 0 Å². The predicted molar refractivity (Wildman–Crippen MR) is 81.0 cm³/mol. The lowest BCUT2D eigenvalue weighted by molar-refractivity contribution is 0.391. The number of halogens is 1. The Morgan fingerprint density at radius 2 is 2.21 bits per heavy atom. The fourth-order valence-electron chi connectivity index (χ4n) is 2.47. The topological polar surface area (TPSA) is 21.3 Å². The third kappa shape index (κ3) is 4.39. The molecule has 1 aliphatic rings. The molecule has 0 aliphatic heterocycles. The summed E-state index contributed by atoms with van der Waals surface area (Å²) in [6.45, 7) is 3.24. The van der Waals surface area contributed by atoms with Crippen molar-refractivity contribution < 1.29 is 4.74 Å². The molecule has 0 radical (unpaired) electrons. The summed E-state index contributed by atoms with van der Waals surface area (Å²) in [5.74, 6) is 1.86. The summed E-state index contributed by atoms with van der Waals surface area (Å²) in [5, 5.41) is 4.37. The van der Waals surface area contributed by atoms with Gasteiger partial charge in [-0.15, -0.1) is 0 Å². The van der Waals surface area contributed by atoms with Gasteiger partial charge in [0.15, 0.2) is 0 Å². The Balaban J connectivity index is 2.09. The van der Waals surface area contributed by atoms with Crippen molar-refractivity contribution >= 4 is 11.6 Å². The van der Waals surface area contributed by atoms with Crippen LogP contribution in [0, 0.1) is 5.92 Å². The van der Waals surface area contributed by atoms with E-state index in [2.05, 4.69) is 18.3 Å². The van der Waals surface area contributed by atoms with Crippen molar-refractivity contribution in [1.29, 1.82) is 0 Å². The van der Waals surface area contributed by atoms with Crippen LogP contribution in [0.25, 0.3) is 0 Å². The van der Waals surface area contributed by atoms with Gasteiger partial charge in [0.1, 0.15) is 5.75 Å². The Morgan fingerprint density at radius 3 is 2.84 bits per heavy atom. The highest BCUT2D eigenvalue weighted by molar-refractivity contribution is 6.30. The molecule has 0 bridgehead atoms. The Kier molecular flexibility index (Phi) is 5.53. The number of ether oxygens (including phenoxy) is 1. The average Bonchev–Trinajstić information content (AvgIpc) is 3.23. The van der Waals surface area contributed by atoms with Crippen molar-refractivity contribution in [3.63, 3.8) is 0 Å². The van der Waals surface area contributed by atoms with Crippen LogP contribution in [0.15, 0.2) is 18.2 Å². The highest BCUT2D eigenvalue weighted by atomic mass is 35.5. The van der Waals surface area contributed by atoms with Gasteiger partial charge in [-0.25, -0.2) is 0 Å². The fourth-order valence-corrected chi connectivity index (χ4v) is 2.63. The Bertz CT molecular complexity index is 404. The lowest BCUT2D eigenvalue weighted by Gasteiger charge is -2.21. The maximum atomic E-state index is 6.04. The Labute approximate surface area is 121 Å². The second kappa shape index (κ2) is 7.16. The number of rotatable bonds is 8. The summed E-state index contributed by atoms with van der Waals surface area (Å²) in [7, 11) is 1.72. The molecule has 19 heavy (non-hydrogen) atoms. The quantitative estimate of drug-likeness (QED) is 0.753. The number of nitrogens with one attached hydrogen (secondary N) is 1. The second-order valence-corrected chi connectivity index (χ2v) is 5.85. The summed E-state index contributed by atoms with van der Waals surface area (Å²) < 4.78 is 5.49. The van der Waals surface area contributed by atoms with Crippen LogP contribution in [0.5, 0.6) is 5.75 Å². The van der Waals surface area contributed by atoms with Crippen LogP contribution >= 0.6 is 11.6 Å². The van der Waals surface area contributed by atoms with Gasteiger partial charge in [-0.05, 0) is 43.9 Å². The van der Waals surface area contributed by atoms with Crippen molar-refractivity contribution in [2.45, 2.75) is 45.1 Å². The maximum absolute atomic E-state index is 6.04. The molecule has 1 saturated carbocycles. The Morgan fingerprint density at radius 1 is 1.42 bits per heavy atom. The minimum absolute atomic E-state index is 0.382. The van der Waals surface area contributed by atoms with Gasteiger partial charge in [-0.1, -0.05) is 37.4 Å². The predicted octanol–water partition coefficient (Wildman–Crippen LogP) is 4.58. The zero-order chi connectivity index (χ0) is 13.7. The van der Waals surface area contributed by atoms with E-state index in [0.717, 1.165) is 29.7 Å². The largest absolute Gasteiger partial charge is 0.496 e. The first-order valence-electron chi connectivity index (χ1n) is 7.31. The number of hydrogen-bond donors (Lipinski definition) is 1. The number of benzene rings is 1. The van der Waals surface area contributed by atoms with Crippen LogP contribution in [0.2, 0.25) is 5.02 Å². The fraction of sp³-hybridized carbons (Fsp3) is 0.625. The van der Waals surface area contributed by atoms with Crippen LogP contribution < -0.4 is 10.1 Å². The molecule has 0 amide bonds. The van der Waals surface area contributed by atoms with Crippen molar-refractivity contribution in [3.8, 4) is 5.75 Å². The van der Waals surface area contributed by atoms with E-state index in [1.165, 1.54) is 31.2 Å².